The normalized spacial score (nSPS) is 14.5. The van der Waals surface area contributed by atoms with Crippen LogP contribution in [0.1, 0.15) is 26.3 Å². The second kappa shape index (κ2) is 9.35. The maximum atomic E-state index is 12.6. The third kappa shape index (κ3) is 4.95. The molecule has 0 spiro atoms. The summed E-state index contributed by atoms with van der Waals surface area (Å²) in [6, 6.07) is 9.93. The Hall–Kier alpha value is -4.12. The van der Waals surface area contributed by atoms with E-state index in [-0.39, 0.29) is 21.7 Å². The molecule has 3 N–H and O–H groups in total. The molecule has 2 aromatic rings. The SMILES string of the molecule is COc1cccc(/C=C2\SC(=O)N(CC(=O)Nc3cc(C(=O)O)ccc3C(=O)O)C2=O)c1. The van der Waals surface area contributed by atoms with Crippen LogP contribution in [0.4, 0.5) is 10.5 Å². The lowest BCUT2D eigenvalue weighted by Gasteiger charge is -2.14. The monoisotopic (exact) mass is 456 g/mol. The highest BCUT2D eigenvalue weighted by Gasteiger charge is 2.36. The van der Waals surface area contributed by atoms with Crippen molar-refractivity contribution < 1.29 is 38.9 Å². The van der Waals surface area contributed by atoms with E-state index in [1.807, 2.05) is 0 Å². The van der Waals surface area contributed by atoms with Gasteiger partial charge < -0.3 is 20.3 Å². The standard InChI is InChI=1S/C21H16N2O8S/c1-31-13-4-2-3-11(7-13)8-16-18(25)23(21(30)32-16)10-17(24)22-15-9-12(19(26)27)5-6-14(15)20(28)29/h2-9H,10H2,1H3,(H,22,24)(H,26,27)(H,28,29)/b16-8-. The number of nitrogens with one attached hydrogen (secondary N) is 1. The number of thioether (sulfide) groups is 1. The van der Waals surface area contributed by atoms with Crippen molar-refractivity contribution in [2.45, 2.75) is 0 Å². The molecule has 1 heterocycles. The number of anilines is 1. The number of carbonyl (C=O) groups is 5. The molecule has 1 saturated heterocycles. The molecule has 0 atom stereocenters. The highest BCUT2D eigenvalue weighted by atomic mass is 32.2. The molecule has 0 unspecified atom stereocenters. The van der Waals surface area contributed by atoms with Gasteiger partial charge in [-0.2, -0.15) is 0 Å². The van der Waals surface area contributed by atoms with E-state index >= 15 is 0 Å². The third-order valence-electron chi connectivity index (χ3n) is 4.34. The predicted molar refractivity (Wildman–Crippen MR) is 115 cm³/mol. The van der Waals surface area contributed by atoms with E-state index in [1.165, 1.54) is 13.2 Å². The van der Waals surface area contributed by atoms with E-state index in [2.05, 4.69) is 5.32 Å². The average Bonchev–Trinajstić information content (AvgIpc) is 3.00. The van der Waals surface area contributed by atoms with Crippen LogP contribution >= 0.6 is 11.8 Å². The molecule has 1 aliphatic rings. The number of carbonyl (C=O) groups excluding carboxylic acids is 3. The number of carboxylic acids is 2. The van der Waals surface area contributed by atoms with Crippen LogP contribution in [0.5, 0.6) is 5.75 Å². The lowest BCUT2D eigenvalue weighted by molar-refractivity contribution is -0.127. The molecule has 3 rings (SSSR count). The van der Waals surface area contributed by atoms with Crippen LogP contribution in [0.2, 0.25) is 0 Å². The first kappa shape index (κ1) is 22.6. The summed E-state index contributed by atoms with van der Waals surface area (Å²) in [5.74, 6) is -3.68. The fraction of sp³-hybridized carbons (Fsp3) is 0.0952. The van der Waals surface area contributed by atoms with Crippen molar-refractivity contribution in [3.05, 3.63) is 64.1 Å². The number of benzene rings is 2. The Morgan fingerprint density at radius 3 is 2.50 bits per heavy atom. The van der Waals surface area contributed by atoms with Crippen molar-refractivity contribution in [3.63, 3.8) is 0 Å². The van der Waals surface area contributed by atoms with Gasteiger partial charge in [-0.1, -0.05) is 12.1 Å². The van der Waals surface area contributed by atoms with E-state index < -0.39 is 35.5 Å². The predicted octanol–water partition coefficient (Wildman–Crippen LogP) is 2.77. The summed E-state index contributed by atoms with van der Waals surface area (Å²) in [5, 5.41) is 19.9. The Balaban J connectivity index is 1.77. The number of methoxy groups -OCH3 is 1. The van der Waals surface area contributed by atoms with Crippen molar-refractivity contribution in [2.24, 2.45) is 0 Å². The minimum Gasteiger partial charge on any atom is -0.497 e. The molecule has 3 amide bonds. The summed E-state index contributed by atoms with van der Waals surface area (Å²) in [4.78, 5) is 60.6. The van der Waals surface area contributed by atoms with Gasteiger partial charge in [-0.3, -0.25) is 19.3 Å². The van der Waals surface area contributed by atoms with Gasteiger partial charge in [0.1, 0.15) is 12.3 Å². The summed E-state index contributed by atoms with van der Waals surface area (Å²) < 4.78 is 5.12. The number of ether oxygens (including phenoxy) is 1. The second-order valence-electron chi connectivity index (χ2n) is 6.46. The van der Waals surface area contributed by atoms with Gasteiger partial charge in [-0.05, 0) is 53.7 Å². The van der Waals surface area contributed by atoms with Crippen LogP contribution in [0.15, 0.2) is 47.4 Å². The van der Waals surface area contributed by atoms with Gasteiger partial charge in [0, 0.05) is 0 Å². The first-order valence-corrected chi connectivity index (χ1v) is 9.81. The number of hydrogen-bond acceptors (Lipinski definition) is 7. The number of imide groups is 1. The minimum atomic E-state index is -1.38. The summed E-state index contributed by atoms with van der Waals surface area (Å²) >= 11 is 0.659. The highest BCUT2D eigenvalue weighted by Crippen LogP contribution is 2.32. The molecule has 1 fully saturated rings. The van der Waals surface area contributed by atoms with Crippen LogP contribution in [0.25, 0.3) is 6.08 Å². The van der Waals surface area contributed by atoms with E-state index in [0.29, 0.717) is 28.0 Å². The number of nitrogens with zero attached hydrogens (tertiary/aromatic N) is 1. The molecule has 0 aromatic heterocycles. The Morgan fingerprint density at radius 1 is 1.09 bits per heavy atom. The largest absolute Gasteiger partial charge is 0.497 e. The molecule has 10 nitrogen and oxygen atoms in total. The Bertz CT molecular complexity index is 1170. The van der Waals surface area contributed by atoms with Crippen LogP contribution in [-0.4, -0.2) is 57.8 Å². The number of amides is 3. The quantitative estimate of drug-likeness (QED) is 0.534. The molecule has 1 aliphatic heterocycles. The van der Waals surface area contributed by atoms with Crippen LogP contribution in [0.3, 0.4) is 0 Å². The Kier molecular flexibility index (Phi) is 6.59. The van der Waals surface area contributed by atoms with Gasteiger partial charge in [0.15, 0.2) is 0 Å². The topological polar surface area (TPSA) is 150 Å². The van der Waals surface area contributed by atoms with E-state index in [9.17, 15) is 29.1 Å². The molecule has 0 bridgehead atoms. The fourth-order valence-corrected chi connectivity index (χ4v) is 3.66. The van der Waals surface area contributed by atoms with Crippen LogP contribution in [-0.2, 0) is 9.59 Å². The molecule has 11 heteroatoms. The molecule has 0 aliphatic carbocycles. The first-order chi connectivity index (χ1) is 15.2. The zero-order valence-corrected chi connectivity index (χ0v) is 17.3. The average molecular weight is 456 g/mol. The summed E-state index contributed by atoms with van der Waals surface area (Å²) in [7, 11) is 1.49. The van der Waals surface area contributed by atoms with Gasteiger partial charge >= 0.3 is 11.9 Å². The molecular formula is C21H16N2O8S. The van der Waals surface area contributed by atoms with E-state index in [4.69, 9.17) is 9.84 Å². The smallest absolute Gasteiger partial charge is 0.337 e. The number of rotatable bonds is 7. The molecular weight excluding hydrogens is 440 g/mol. The minimum absolute atomic E-state index is 0.107. The number of aromatic carboxylic acids is 2. The zero-order valence-electron chi connectivity index (χ0n) is 16.5. The van der Waals surface area contributed by atoms with E-state index in [1.54, 1.807) is 24.3 Å². The lowest BCUT2D eigenvalue weighted by Crippen LogP contribution is -2.36. The first-order valence-electron chi connectivity index (χ1n) is 8.99. The van der Waals surface area contributed by atoms with Crippen LogP contribution in [0, 0.1) is 0 Å². The Labute approximate surface area is 185 Å². The van der Waals surface area contributed by atoms with Gasteiger partial charge in [0.05, 0.1) is 28.8 Å². The van der Waals surface area contributed by atoms with Crippen molar-refractivity contribution in [2.75, 3.05) is 19.0 Å². The molecule has 0 saturated carbocycles. The van der Waals surface area contributed by atoms with Gasteiger partial charge in [0.25, 0.3) is 11.1 Å². The second-order valence-corrected chi connectivity index (χ2v) is 7.46. The molecule has 32 heavy (non-hydrogen) atoms. The summed E-state index contributed by atoms with van der Waals surface area (Å²) in [5.41, 5.74) is -0.217. The van der Waals surface area contributed by atoms with Gasteiger partial charge in [-0.15, -0.1) is 0 Å². The fourth-order valence-electron chi connectivity index (χ4n) is 2.82. The maximum absolute atomic E-state index is 12.6. The van der Waals surface area contributed by atoms with Gasteiger partial charge in [0.2, 0.25) is 5.91 Å². The molecule has 164 valence electrons. The number of carboxylic acid groups (broad SMARTS) is 2. The zero-order chi connectivity index (χ0) is 23.4. The van der Waals surface area contributed by atoms with Crippen LogP contribution < -0.4 is 10.1 Å². The van der Waals surface area contributed by atoms with E-state index in [0.717, 1.165) is 18.2 Å². The molecule has 2 aromatic carbocycles. The third-order valence-corrected chi connectivity index (χ3v) is 5.25. The number of hydrogen-bond donors (Lipinski definition) is 3. The van der Waals surface area contributed by atoms with Gasteiger partial charge in [-0.25, -0.2) is 9.59 Å². The van der Waals surface area contributed by atoms with Crippen molar-refractivity contribution in [3.8, 4) is 5.75 Å². The molecule has 0 radical (unpaired) electrons. The Morgan fingerprint density at radius 2 is 1.84 bits per heavy atom. The van der Waals surface area contributed by atoms with Crippen molar-refractivity contribution >= 4 is 52.5 Å². The lowest BCUT2D eigenvalue weighted by atomic mass is 10.1. The maximum Gasteiger partial charge on any atom is 0.337 e. The van der Waals surface area contributed by atoms with Crippen molar-refractivity contribution in [1.82, 2.24) is 4.90 Å². The highest BCUT2D eigenvalue weighted by molar-refractivity contribution is 8.18. The summed E-state index contributed by atoms with van der Waals surface area (Å²) in [6.45, 7) is -0.670. The van der Waals surface area contributed by atoms with Crippen molar-refractivity contribution in [1.29, 1.82) is 0 Å². The summed E-state index contributed by atoms with van der Waals surface area (Å²) in [6.07, 6.45) is 1.49.